The lowest BCUT2D eigenvalue weighted by Crippen LogP contribution is -2.10. The highest BCUT2D eigenvalue weighted by Gasteiger charge is 2.44. The molecule has 2 unspecified atom stereocenters. The summed E-state index contributed by atoms with van der Waals surface area (Å²) < 4.78 is 5.14. The van der Waals surface area contributed by atoms with Gasteiger partial charge in [-0.25, -0.2) is 0 Å². The Morgan fingerprint density at radius 2 is 2.38 bits per heavy atom. The quantitative estimate of drug-likeness (QED) is 0.664. The molecular weight excluding hydrogens is 164 g/mol. The van der Waals surface area contributed by atoms with Gasteiger partial charge in [-0.2, -0.15) is 0 Å². The normalized spacial score (nSPS) is 32.5. The van der Waals surface area contributed by atoms with Crippen LogP contribution < -0.4 is 0 Å². The number of carbonyl (C=O) groups is 1. The second-order valence-corrected chi connectivity index (χ2v) is 3.96. The van der Waals surface area contributed by atoms with Gasteiger partial charge in [-0.05, 0) is 37.7 Å². The van der Waals surface area contributed by atoms with E-state index >= 15 is 0 Å². The second-order valence-electron chi connectivity index (χ2n) is 3.96. The molecule has 2 aliphatic rings. The van der Waals surface area contributed by atoms with Crippen LogP contribution in [0.5, 0.6) is 0 Å². The summed E-state index contributed by atoms with van der Waals surface area (Å²) in [5, 5.41) is 0. The van der Waals surface area contributed by atoms with Gasteiger partial charge in [0.2, 0.25) is 0 Å². The maximum atomic E-state index is 11.8. The molecule has 2 aliphatic carbocycles. The highest BCUT2D eigenvalue weighted by Crippen LogP contribution is 2.37. The van der Waals surface area contributed by atoms with Crippen LogP contribution >= 0.6 is 0 Å². The molecule has 2 rings (SSSR count). The zero-order chi connectivity index (χ0) is 9.26. The van der Waals surface area contributed by atoms with Gasteiger partial charge in [0.15, 0.2) is 5.78 Å². The molecule has 0 bridgehead atoms. The largest absolute Gasteiger partial charge is 0.381 e. The minimum Gasteiger partial charge on any atom is -0.381 e. The number of ketones is 1. The van der Waals surface area contributed by atoms with Gasteiger partial charge >= 0.3 is 0 Å². The minimum atomic E-state index is 0.189. The molecule has 0 N–H and O–H groups in total. The fraction of sp³-hybridized carbons (Fsp3) is 0.727. The van der Waals surface area contributed by atoms with Crippen molar-refractivity contribution in [3.8, 4) is 0 Å². The van der Waals surface area contributed by atoms with Gasteiger partial charge in [-0.3, -0.25) is 4.79 Å². The van der Waals surface area contributed by atoms with E-state index in [1.165, 1.54) is 12.8 Å². The predicted molar refractivity (Wildman–Crippen MR) is 50.5 cm³/mol. The van der Waals surface area contributed by atoms with Gasteiger partial charge in [-0.15, -0.1) is 0 Å². The molecule has 2 heteroatoms. The lowest BCUT2D eigenvalue weighted by atomic mass is 9.94. The molecule has 0 aromatic rings. The van der Waals surface area contributed by atoms with Gasteiger partial charge in [0, 0.05) is 7.11 Å². The Morgan fingerprint density at radius 1 is 1.54 bits per heavy atom. The first-order valence-corrected chi connectivity index (χ1v) is 5.09. The number of rotatable bonds is 3. The Kier molecular flexibility index (Phi) is 2.49. The first-order valence-electron chi connectivity index (χ1n) is 5.09. The Bertz CT molecular complexity index is 242. The maximum Gasteiger partial charge on any atom is 0.164 e. The summed E-state index contributed by atoms with van der Waals surface area (Å²) in [6, 6.07) is 0. The molecule has 1 saturated carbocycles. The minimum absolute atomic E-state index is 0.189. The number of hydrogen-bond donors (Lipinski definition) is 0. The average molecular weight is 180 g/mol. The monoisotopic (exact) mass is 180 g/mol. The Hall–Kier alpha value is -0.630. The van der Waals surface area contributed by atoms with Crippen LogP contribution in [0.2, 0.25) is 0 Å². The van der Waals surface area contributed by atoms with Crippen molar-refractivity contribution < 1.29 is 9.53 Å². The molecule has 0 amide bonds. The van der Waals surface area contributed by atoms with Crippen molar-refractivity contribution in [3.63, 3.8) is 0 Å². The molecule has 13 heavy (non-hydrogen) atoms. The van der Waals surface area contributed by atoms with E-state index in [4.69, 9.17) is 4.74 Å². The summed E-state index contributed by atoms with van der Waals surface area (Å²) in [5.74, 6) is 0.543. The van der Waals surface area contributed by atoms with E-state index in [0.717, 1.165) is 24.8 Å². The van der Waals surface area contributed by atoms with Crippen LogP contribution in [0.3, 0.4) is 0 Å². The molecular formula is C11H16O2. The molecule has 2 nitrogen and oxygen atoms in total. The Labute approximate surface area is 79.0 Å². The van der Waals surface area contributed by atoms with Gasteiger partial charge in [0.25, 0.3) is 0 Å². The van der Waals surface area contributed by atoms with Crippen molar-refractivity contribution in [1.82, 2.24) is 0 Å². The molecule has 0 heterocycles. The fourth-order valence-corrected chi connectivity index (χ4v) is 2.01. The molecule has 2 atom stereocenters. The van der Waals surface area contributed by atoms with Crippen LogP contribution in [0.1, 0.15) is 32.1 Å². The number of hydrogen-bond acceptors (Lipinski definition) is 2. The van der Waals surface area contributed by atoms with Crippen LogP contribution in [0.4, 0.5) is 0 Å². The molecule has 0 aliphatic heterocycles. The number of allylic oxidation sites excluding steroid dienone is 2. The number of methoxy groups -OCH3 is 1. The van der Waals surface area contributed by atoms with Crippen LogP contribution in [-0.2, 0) is 9.53 Å². The molecule has 0 saturated heterocycles. The molecule has 0 spiro atoms. The van der Waals surface area contributed by atoms with Gasteiger partial charge in [0.05, 0.1) is 12.0 Å². The smallest absolute Gasteiger partial charge is 0.164 e. The zero-order valence-electron chi connectivity index (χ0n) is 8.08. The van der Waals surface area contributed by atoms with E-state index in [-0.39, 0.29) is 12.0 Å². The van der Waals surface area contributed by atoms with Crippen molar-refractivity contribution >= 4 is 5.78 Å². The summed E-state index contributed by atoms with van der Waals surface area (Å²) in [5.41, 5.74) is 1.07. The molecule has 1 fully saturated rings. The van der Waals surface area contributed by atoms with E-state index in [9.17, 15) is 4.79 Å². The van der Waals surface area contributed by atoms with E-state index in [1.54, 1.807) is 7.11 Å². The van der Waals surface area contributed by atoms with Crippen molar-refractivity contribution in [3.05, 3.63) is 11.6 Å². The predicted octanol–water partition coefficient (Wildman–Crippen LogP) is 2.09. The van der Waals surface area contributed by atoms with Crippen LogP contribution in [0.25, 0.3) is 0 Å². The lowest BCUT2D eigenvalue weighted by molar-refractivity contribution is -0.117. The van der Waals surface area contributed by atoms with Gasteiger partial charge in [-0.1, -0.05) is 6.08 Å². The van der Waals surface area contributed by atoms with E-state index < -0.39 is 0 Å². The van der Waals surface area contributed by atoms with Gasteiger partial charge in [0.1, 0.15) is 0 Å². The highest BCUT2D eigenvalue weighted by atomic mass is 16.5. The first-order chi connectivity index (χ1) is 6.33. The van der Waals surface area contributed by atoms with Crippen molar-refractivity contribution in [1.29, 1.82) is 0 Å². The standard InChI is InChI=1S/C11H16O2/c1-13-10-7-9(10)11(12)8-5-3-2-4-6-8/h5,9-10H,2-4,6-7H2,1H3. The van der Waals surface area contributed by atoms with Crippen LogP contribution in [0.15, 0.2) is 11.6 Å². The SMILES string of the molecule is COC1CC1C(=O)C1=CCCCC1. The summed E-state index contributed by atoms with van der Waals surface area (Å²) in [4.78, 5) is 11.8. The number of ether oxygens (including phenoxy) is 1. The fourth-order valence-electron chi connectivity index (χ4n) is 2.01. The summed E-state index contributed by atoms with van der Waals surface area (Å²) in [6.07, 6.45) is 7.79. The van der Waals surface area contributed by atoms with E-state index in [2.05, 4.69) is 6.08 Å². The number of carbonyl (C=O) groups excluding carboxylic acids is 1. The van der Waals surface area contributed by atoms with Crippen LogP contribution in [-0.4, -0.2) is 19.0 Å². The van der Waals surface area contributed by atoms with Crippen molar-refractivity contribution in [2.45, 2.75) is 38.2 Å². The molecule has 72 valence electrons. The number of Topliss-reactive ketones (excluding diaryl/α,β-unsaturated/α-hetero) is 1. The third-order valence-electron chi connectivity index (χ3n) is 2.98. The Balaban J connectivity index is 1.94. The average Bonchev–Trinajstić information content (AvgIpc) is 2.97. The summed E-state index contributed by atoms with van der Waals surface area (Å²) in [6.45, 7) is 0. The first kappa shape index (κ1) is 8.95. The third-order valence-corrected chi connectivity index (χ3v) is 2.98. The maximum absolute atomic E-state index is 11.8. The molecule has 0 radical (unpaired) electrons. The summed E-state index contributed by atoms with van der Waals surface area (Å²) >= 11 is 0. The van der Waals surface area contributed by atoms with E-state index in [0.29, 0.717) is 5.78 Å². The van der Waals surface area contributed by atoms with Crippen molar-refractivity contribution in [2.75, 3.05) is 7.11 Å². The lowest BCUT2D eigenvalue weighted by Gasteiger charge is -2.10. The van der Waals surface area contributed by atoms with Crippen molar-refractivity contribution in [2.24, 2.45) is 5.92 Å². The molecule has 0 aromatic heterocycles. The molecule has 0 aromatic carbocycles. The Morgan fingerprint density at radius 3 is 2.92 bits per heavy atom. The second kappa shape index (κ2) is 3.62. The van der Waals surface area contributed by atoms with Gasteiger partial charge < -0.3 is 4.74 Å². The topological polar surface area (TPSA) is 26.3 Å². The van der Waals surface area contributed by atoms with E-state index in [1.807, 2.05) is 0 Å². The third kappa shape index (κ3) is 1.83. The summed E-state index contributed by atoms with van der Waals surface area (Å²) in [7, 11) is 1.69. The highest BCUT2D eigenvalue weighted by molar-refractivity contribution is 5.99. The zero-order valence-corrected chi connectivity index (χ0v) is 8.08. The van der Waals surface area contributed by atoms with Crippen LogP contribution in [0, 0.1) is 5.92 Å².